The summed E-state index contributed by atoms with van der Waals surface area (Å²) in [5, 5.41) is 34.0. The number of nitrogens with one attached hydrogen (secondary N) is 1. The molecule has 8 heteroatoms. The first-order valence-electron chi connectivity index (χ1n) is 7.34. The average molecular weight is 331 g/mol. The highest BCUT2D eigenvalue weighted by Crippen LogP contribution is 2.13. The van der Waals surface area contributed by atoms with Crippen molar-refractivity contribution >= 4 is 11.4 Å². The number of non-ortho nitro benzene ring substituents is 2. The summed E-state index contributed by atoms with van der Waals surface area (Å²) < 4.78 is 0. The van der Waals surface area contributed by atoms with E-state index in [0.29, 0.717) is 19.4 Å². The summed E-state index contributed by atoms with van der Waals surface area (Å²) in [7, 11) is 0. The second-order valence-electron chi connectivity index (χ2n) is 5.27. The van der Waals surface area contributed by atoms with Gasteiger partial charge < -0.3 is 5.11 Å². The van der Waals surface area contributed by atoms with E-state index in [9.17, 15) is 25.3 Å². The summed E-state index contributed by atoms with van der Waals surface area (Å²) in [5.41, 5.74) is 1.77. The number of nitro groups is 2. The fourth-order valence-electron chi connectivity index (χ4n) is 2.22. The molecule has 0 heterocycles. The summed E-state index contributed by atoms with van der Waals surface area (Å²) in [6.07, 6.45) is 0.178. The number of hydrogen-bond donors (Lipinski definition) is 2. The van der Waals surface area contributed by atoms with Crippen molar-refractivity contribution in [1.82, 2.24) is 5.32 Å². The molecule has 1 atom stereocenters. The fraction of sp³-hybridized carbons (Fsp3) is 0.250. The van der Waals surface area contributed by atoms with Crippen molar-refractivity contribution in [1.29, 1.82) is 0 Å². The first-order valence-corrected chi connectivity index (χ1v) is 7.34. The number of benzene rings is 2. The van der Waals surface area contributed by atoms with Crippen LogP contribution >= 0.6 is 0 Å². The fourth-order valence-corrected chi connectivity index (χ4v) is 2.22. The summed E-state index contributed by atoms with van der Waals surface area (Å²) in [4.78, 5) is 20.2. The zero-order valence-corrected chi connectivity index (χ0v) is 12.8. The van der Waals surface area contributed by atoms with Gasteiger partial charge in [0, 0.05) is 37.2 Å². The van der Waals surface area contributed by atoms with E-state index in [0.717, 1.165) is 11.1 Å². The Hall–Kier alpha value is -2.84. The zero-order chi connectivity index (χ0) is 17.5. The molecule has 0 amide bonds. The van der Waals surface area contributed by atoms with Crippen LogP contribution in [-0.2, 0) is 12.8 Å². The Morgan fingerprint density at radius 1 is 0.875 bits per heavy atom. The molecule has 0 aliphatic heterocycles. The predicted molar refractivity (Wildman–Crippen MR) is 87.6 cm³/mol. The van der Waals surface area contributed by atoms with Crippen LogP contribution in [0.4, 0.5) is 11.4 Å². The lowest BCUT2D eigenvalue weighted by Gasteiger charge is -2.12. The second kappa shape index (κ2) is 8.14. The van der Waals surface area contributed by atoms with Crippen molar-refractivity contribution in [2.75, 3.05) is 6.54 Å². The van der Waals surface area contributed by atoms with Crippen molar-refractivity contribution in [3.05, 3.63) is 79.9 Å². The third-order valence-electron chi connectivity index (χ3n) is 3.52. The second-order valence-corrected chi connectivity index (χ2v) is 5.27. The van der Waals surface area contributed by atoms with E-state index in [2.05, 4.69) is 5.32 Å². The van der Waals surface area contributed by atoms with Gasteiger partial charge in [-0.15, -0.1) is 0 Å². The lowest BCUT2D eigenvalue weighted by atomic mass is 10.1. The Labute approximate surface area is 138 Å². The Morgan fingerprint density at radius 3 is 1.79 bits per heavy atom. The van der Waals surface area contributed by atoms with Crippen LogP contribution in [0.25, 0.3) is 0 Å². The summed E-state index contributed by atoms with van der Waals surface area (Å²) >= 11 is 0. The van der Waals surface area contributed by atoms with Crippen molar-refractivity contribution in [3.63, 3.8) is 0 Å². The van der Waals surface area contributed by atoms with Gasteiger partial charge in [0.2, 0.25) is 0 Å². The molecular weight excluding hydrogens is 314 g/mol. The minimum absolute atomic E-state index is 0.0133. The van der Waals surface area contributed by atoms with Crippen LogP contribution in [0.3, 0.4) is 0 Å². The van der Waals surface area contributed by atoms with E-state index in [1.807, 2.05) is 0 Å². The summed E-state index contributed by atoms with van der Waals surface area (Å²) in [6, 6.07) is 12.3. The van der Waals surface area contributed by atoms with Gasteiger partial charge in [-0.25, -0.2) is 0 Å². The maximum absolute atomic E-state index is 10.6. The molecule has 24 heavy (non-hydrogen) atoms. The van der Waals surface area contributed by atoms with E-state index in [-0.39, 0.29) is 11.4 Å². The van der Waals surface area contributed by atoms with Gasteiger partial charge in [0.1, 0.15) is 6.23 Å². The van der Waals surface area contributed by atoms with Crippen molar-refractivity contribution in [3.8, 4) is 0 Å². The van der Waals surface area contributed by atoms with Crippen molar-refractivity contribution in [2.45, 2.75) is 19.1 Å². The third kappa shape index (κ3) is 5.11. The highest BCUT2D eigenvalue weighted by atomic mass is 16.6. The highest BCUT2D eigenvalue weighted by molar-refractivity contribution is 5.33. The lowest BCUT2D eigenvalue weighted by Crippen LogP contribution is -2.32. The average Bonchev–Trinajstić information content (AvgIpc) is 2.55. The molecule has 0 aromatic heterocycles. The molecule has 0 saturated carbocycles. The van der Waals surface area contributed by atoms with Crippen molar-refractivity contribution < 1.29 is 15.0 Å². The molecule has 1 unspecified atom stereocenters. The number of aliphatic hydroxyl groups excluding tert-OH is 1. The number of nitrogens with zero attached hydrogens (tertiary/aromatic N) is 2. The molecule has 0 aliphatic rings. The van der Waals surface area contributed by atoms with Crippen LogP contribution in [0.15, 0.2) is 48.5 Å². The Kier molecular flexibility index (Phi) is 5.94. The maximum Gasteiger partial charge on any atom is 0.269 e. The van der Waals surface area contributed by atoms with E-state index in [1.54, 1.807) is 24.3 Å². The highest BCUT2D eigenvalue weighted by Gasteiger charge is 2.08. The molecule has 0 saturated heterocycles. The molecule has 2 aromatic rings. The van der Waals surface area contributed by atoms with Gasteiger partial charge in [0.05, 0.1) is 9.85 Å². The summed E-state index contributed by atoms with van der Waals surface area (Å²) in [6.45, 7) is 0.506. The molecule has 2 N–H and O–H groups in total. The number of rotatable bonds is 8. The van der Waals surface area contributed by atoms with Crippen LogP contribution in [0.1, 0.15) is 11.1 Å². The minimum Gasteiger partial charge on any atom is -0.378 e. The van der Waals surface area contributed by atoms with Gasteiger partial charge in [-0.2, -0.15) is 0 Å². The first-order chi connectivity index (χ1) is 11.5. The summed E-state index contributed by atoms with van der Waals surface area (Å²) in [5.74, 6) is 0. The monoisotopic (exact) mass is 331 g/mol. The zero-order valence-electron chi connectivity index (χ0n) is 12.8. The molecule has 2 aromatic carbocycles. The largest absolute Gasteiger partial charge is 0.378 e. The lowest BCUT2D eigenvalue weighted by molar-refractivity contribution is -0.385. The van der Waals surface area contributed by atoms with Crippen LogP contribution in [0.5, 0.6) is 0 Å². The van der Waals surface area contributed by atoms with Crippen LogP contribution in [0, 0.1) is 20.2 Å². The van der Waals surface area contributed by atoms with Gasteiger partial charge in [0.25, 0.3) is 11.4 Å². The topological polar surface area (TPSA) is 119 Å². The Balaban J connectivity index is 1.77. The first kappa shape index (κ1) is 17.5. The smallest absolute Gasteiger partial charge is 0.269 e. The van der Waals surface area contributed by atoms with E-state index >= 15 is 0 Å². The van der Waals surface area contributed by atoms with Crippen LogP contribution < -0.4 is 5.32 Å². The van der Waals surface area contributed by atoms with Gasteiger partial charge in [-0.05, 0) is 17.5 Å². The number of nitro benzene ring substituents is 2. The molecule has 126 valence electrons. The molecule has 0 aliphatic carbocycles. The minimum atomic E-state index is -0.774. The van der Waals surface area contributed by atoms with Gasteiger partial charge in [0.15, 0.2) is 0 Å². The quantitative estimate of drug-likeness (QED) is 0.435. The molecule has 2 rings (SSSR count). The van der Waals surface area contributed by atoms with E-state index in [4.69, 9.17) is 0 Å². The Bertz CT molecular complexity index is 701. The predicted octanol–water partition coefficient (Wildman–Crippen LogP) is 2.20. The SMILES string of the molecule is O=[N+]([O-])c1ccc(CCNC(O)Cc2ccc([N+](=O)[O-])cc2)cc1. The molecule has 8 nitrogen and oxygen atoms in total. The maximum atomic E-state index is 10.6. The standard InChI is InChI=1S/C16H17N3O5/c20-16(11-13-3-7-15(8-4-13)19(23)24)17-10-9-12-1-5-14(6-2-12)18(21)22/h1-8,16-17,20H,9-11H2. The van der Waals surface area contributed by atoms with Gasteiger partial charge in [-0.1, -0.05) is 24.3 Å². The normalized spacial score (nSPS) is 11.9. The molecule has 0 fully saturated rings. The van der Waals surface area contributed by atoms with Crippen LogP contribution in [-0.4, -0.2) is 27.7 Å². The van der Waals surface area contributed by atoms with Gasteiger partial charge in [-0.3, -0.25) is 25.5 Å². The number of aliphatic hydroxyl groups is 1. The van der Waals surface area contributed by atoms with E-state index < -0.39 is 16.1 Å². The molecule has 0 bridgehead atoms. The Morgan fingerprint density at radius 2 is 1.33 bits per heavy atom. The van der Waals surface area contributed by atoms with Crippen LogP contribution in [0.2, 0.25) is 0 Å². The molecular formula is C16H17N3O5. The van der Waals surface area contributed by atoms with Gasteiger partial charge >= 0.3 is 0 Å². The van der Waals surface area contributed by atoms with E-state index in [1.165, 1.54) is 24.3 Å². The molecule has 0 radical (unpaired) electrons. The van der Waals surface area contributed by atoms with Crippen molar-refractivity contribution in [2.24, 2.45) is 0 Å². The third-order valence-corrected chi connectivity index (χ3v) is 3.52. The number of hydrogen-bond acceptors (Lipinski definition) is 6. The molecule has 0 spiro atoms.